The van der Waals surface area contributed by atoms with Gasteiger partial charge in [0.1, 0.15) is 6.04 Å². The molecular formula is C23H39NO6Si. The van der Waals surface area contributed by atoms with Gasteiger partial charge in [0, 0.05) is 18.8 Å². The van der Waals surface area contributed by atoms with Crippen molar-refractivity contribution in [3.8, 4) is 0 Å². The molecule has 2 heterocycles. The molecule has 1 fully saturated rings. The van der Waals surface area contributed by atoms with E-state index in [1.54, 1.807) is 4.90 Å². The number of esters is 2. The Kier molecular flexibility index (Phi) is 8.36. The normalized spacial score (nSPS) is 21.8. The highest BCUT2D eigenvalue weighted by molar-refractivity contribution is 6.77. The van der Waals surface area contributed by atoms with Crippen LogP contribution in [0.15, 0.2) is 11.5 Å². The van der Waals surface area contributed by atoms with E-state index in [1.807, 2.05) is 0 Å². The van der Waals surface area contributed by atoms with E-state index in [4.69, 9.17) is 13.9 Å². The second kappa shape index (κ2) is 10.2. The molecule has 1 amide bonds. The Bertz CT molecular complexity index is 708. The maximum atomic E-state index is 13.3. The van der Waals surface area contributed by atoms with Crippen molar-refractivity contribution in [1.29, 1.82) is 0 Å². The van der Waals surface area contributed by atoms with Gasteiger partial charge in [-0.05, 0) is 35.9 Å². The highest BCUT2D eigenvalue weighted by Crippen LogP contribution is 2.48. The van der Waals surface area contributed by atoms with Crippen molar-refractivity contribution in [3.63, 3.8) is 0 Å². The third-order valence-corrected chi connectivity index (χ3v) is 13.0. The number of nitrogens with zero attached hydrogens (tertiary/aromatic N) is 1. The molecule has 2 rings (SSSR count). The summed E-state index contributed by atoms with van der Waals surface area (Å²) in [7, 11) is 0.453. The Morgan fingerprint density at radius 1 is 1.03 bits per heavy atom. The zero-order valence-electron chi connectivity index (χ0n) is 20.3. The first-order chi connectivity index (χ1) is 14.5. The van der Waals surface area contributed by atoms with Gasteiger partial charge in [0.05, 0.1) is 25.7 Å². The molecule has 2 aliphatic rings. The average Bonchev–Trinajstić information content (AvgIpc) is 3.16. The minimum absolute atomic E-state index is 0.120. The van der Waals surface area contributed by atoms with Crippen molar-refractivity contribution < 1.29 is 28.3 Å². The number of ether oxygens (including phenoxy) is 2. The highest BCUT2D eigenvalue weighted by Gasteiger charge is 2.51. The van der Waals surface area contributed by atoms with E-state index in [-0.39, 0.29) is 18.3 Å². The lowest BCUT2D eigenvalue weighted by molar-refractivity contribution is -0.152. The van der Waals surface area contributed by atoms with Gasteiger partial charge in [0.25, 0.3) is 8.32 Å². The molecule has 2 aliphatic heterocycles. The van der Waals surface area contributed by atoms with Gasteiger partial charge >= 0.3 is 11.9 Å². The van der Waals surface area contributed by atoms with Gasteiger partial charge in [-0.15, -0.1) is 0 Å². The molecule has 0 radical (unpaired) electrons. The molecule has 7 nitrogen and oxygen atoms in total. The Balaban J connectivity index is 2.49. The standard InChI is InChI=1S/C23H39NO6Si/c1-14(2)31(15(3)4,16(5)6)30-20-13-17(9-12-21(25)28-7)22(26)24-18(20)10-11-19(24)23(27)29-8/h14-17,19H,9-13H2,1-8H3/t17?,19-/m0/s1. The summed E-state index contributed by atoms with van der Waals surface area (Å²) in [5.41, 5.74) is 1.99. The van der Waals surface area contributed by atoms with Crippen LogP contribution in [0.5, 0.6) is 0 Å². The van der Waals surface area contributed by atoms with Crippen molar-refractivity contribution in [2.24, 2.45) is 5.92 Å². The van der Waals surface area contributed by atoms with Gasteiger partial charge in [-0.2, -0.15) is 0 Å². The molecule has 176 valence electrons. The van der Waals surface area contributed by atoms with Crippen molar-refractivity contribution in [2.45, 2.75) is 96.3 Å². The van der Waals surface area contributed by atoms with E-state index in [0.717, 1.165) is 11.5 Å². The number of fused-ring (bicyclic) bond motifs is 1. The fraction of sp³-hybridized carbons (Fsp3) is 0.783. The summed E-state index contributed by atoms with van der Waals surface area (Å²) in [6, 6.07) is -0.625. The molecule has 8 heteroatoms. The Hall–Kier alpha value is -1.83. The van der Waals surface area contributed by atoms with E-state index in [1.165, 1.54) is 14.2 Å². The van der Waals surface area contributed by atoms with E-state index in [9.17, 15) is 14.4 Å². The Morgan fingerprint density at radius 2 is 1.61 bits per heavy atom. The number of rotatable bonds is 9. The second-order valence-electron chi connectivity index (χ2n) is 9.59. The van der Waals surface area contributed by atoms with Gasteiger partial charge in [-0.1, -0.05) is 41.5 Å². The van der Waals surface area contributed by atoms with Crippen LogP contribution in [0.25, 0.3) is 0 Å². The first kappa shape index (κ1) is 25.4. The SMILES string of the molecule is COC(=O)CCC1CC(O[Si](C(C)C)(C(C)C)C(C)C)=C2CC[C@@H](C(=O)OC)N2C1=O. The van der Waals surface area contributed by atoms with E-state index < -0.39 is 26.2 Å². The Labute approximate surface area is 187 Å². The average molecular weight is 454 g/mol. The number of hydrogen-bond donors (Lipinski definition) is 0. The molecule has 0 bridgehead atoms. The van der Waals surface area contributed by atoms with Crippen LogP contribution in [0, 0.1) is 5.92 Å². The first-order valence-electron chi connectivity index (χ1n) is 11.4. The maximum absolute atomic E-state index is 13.3. The van der Waals surface area contributed by atoms with Crippen LogP contribution >= 0.6 is 0 Å². The predicted molar refractivity (Wildman–Crippen MR) is 120 cm³/mol. The zero-order chi connectivity index (χ0) is 23.5. The molecular weight excluding hydrogens is 414 g/mol. The minimum Gasteiger partial charge on any atom is -0.544 e. The first-order valence-corrected chi connectivity index (χ1v) is 13.5. The van der Waals surface area contributed by atoms with E-state index >= 15 is 0 Å². The molecule has 0 aromatic heterocycles. The maximum Gasteiger partial charge on any atom is 0.328 e. The van der Waals surface area contributed by atoms with Crippen LogP contribution in [0.2, 0.25) is 16.6 Å². The third-order valence-electron chi connectivity index (χ3n) is 7.00. The summed E-state index contributed by atoms with van der Waals surface area (Å²) in [6.07, 6.45) is 2.15. The topological polar surface area (TPSA) is 82.1 Å². The Morgan fingerprint density at radius 3 is 2.10 bits per heavy atom. The minimum atomic E-state index is -2.24. The zero-order valence-corrected chi connectivity index (χ0v) is 21.3. The molecule has 0 N–H and O–H groups in total. The monoisotopic (exact) mass is 453 g/mol. The van der Waals surface area contributed by atoms with Crippen molar-refractivity contribution >= 4 is 26.2 Å². The van der Waals surface area contributed by atoms with E-state index in [0.29, 0.717) is 42.3 Å². The predicted octanol–water partition coefficient (Wildman–Crippen LogP) is 4.53. The van der Waals surface area contributed by atoms with Crippen LogP contribution in [0.3, 0.4) is 0 Å². The lowest BCUT2D eigenvalue weighted by atomic mass is 9.92. The number of carbonyl (C=O) groups excluding carboxylic acids is 3. The van der Waals surface area contributed by atoms with Gasteiger partial charge in [0.2, 0.25) is 5.91 Å². The van der Waals surface area contributed by atoms with Crippen molar-refractivity contribution in [1.82, 2.24) is 4.90 Å². The molecule has 0 aromatic rings. The summed E-state index contributed by atoms with van der Waals surface area (Å²) in [5, 5.41) is 0. The summed E-state index contributed by atoms with van der Waals surface area (Å²) in [5.74, 6) is -0.447. The van der Waals surface area contributed by atoms with Crippen molar-refractivity contribution in [3.05, 3.63) is 11.5 Å². The third kappa shape index (κ3) is 4.83. The molecule has 31 heavy (non-hydrogen) atoms. The molecule has 1 saturated heterocycles. The molecule has 0 aliphatic carbocycles. The summed E-state index contributed by atoms with van der Waals surface area (Å²) < 4.78 is 16.7. The van der Waals surface area contributed by atoms with Gasteiger partial charge in [-0.3, -0.25) is 14.5 Å². The molecule has 1 unspecified atom stereocenters. The molecule has 0 aromatic carbocycles. The van der Waals surface area contributed by atoms with E-state index in [2.05, 4.69) is 41.5 Å². The number of methoxy groups -OCH3 is 2. The lowest BCUT2D eigenvalue weighted by Gasteiger charge is -2.45. The summed E-state index contributed by atoms with van der Waals surface area (Å²) >= 11 is 0. The number of amides is 1. The number of carbonyl (C=O) groups is 3. The second-order valence-corrected chi connectivity index (χ2v) is 15.0. The van der Waals surface area contributed by atoms with Crippen LogP contribution in [-0.2, 0) is 28.3 Å². The van der Waals surface area contributed by atoms with Crippen LogP contribution in [-0.4, -0.2) is 51.3 Å². The van der Waals surface area contributed by atoms with Gasteiger partial charge in [-0.25, -0.2) is 4.79 Å². The lowest BCUT2D eigenvalue weighted by Crippen LogP contribution is -2.50. The van der Waals surface area contributed by atoms with Gasteiger partial charge < -0.3 is 13.9 Å². The fourth-order valence-electron chi connectivity index (χ4n) is 5.54. The number of allylic oxidation sites excluding steroid dienone is 2. The fourth-order valence-corrected chi connectivity index (χ4v) is 10.9. The number of hydrogen-bond acceptors (Lipinski definition) is 6. The van der Waals surface area contributed by atoms with Crippen LogP contribution < -0.4 is 0 Å². The van der Waals surface area contributed by atoms with Crippen LogP contribution in [0.4, 0.5) is 0 Å². The van der Waals surface area contributed by atoms with Crippen molar-refractivity contribution in [2.75, 3.05) is 14.2 Å². The summed E-state index contributed by atoms with van der Waals surface area (Å²) in [6.45, 7) is 13.4. The molecule has 0 spiro atoms. The smallest absolute Gasteiger partial charge is 0.328 e. The van der Waals surface area contributed by atoms with Crippen LogP contribution in [0.1, 0.15) is 73.6 Å². The molecule has 2 atom stereocenters. The summed E-state index contributed by atoms with van der Waals surface area (Å²) in [4.78, 5) is 39.1. The largest absolute Gasteiger partial charge is 0.544 e. The quantitative estimate of drug-likeness (QED) is 0.377. The highest BCUT2D eigenvalue weighted by atomic mass is 28.4. The van der Waals surface area contributed by atoms with Gasteiger partial charge in [0.15, 0.2) is 0 Å². The molecule has 0 saturated carbocycles.